The van der Waals surface area contributed by atoms with E-state index in [0.29, 0.717) is 29.0 Å². The molecule has 0 aromatic heterocycles. The van der Waals surface area contributed by atoms with Gasteiger partial charge in [0.2, 0.25) is 0 Å². The van der Waals surface area contributed by atoms with Crippen LogP contribution in [0, 0.1) is 0 Å². The van der Waals surface area contributed by atoms with E-state index in [1.807, 2.05) is 6.92 Å². The summed E-state index contributed by atoms with van der Waals surface area (Å²) in [5.74, 6) is -1.17. The minimum absolute atomic E-state index is 0.0133. The summed E-state index contributed by atoms with van der Waals surface area (Å²) in [5, 5.41) is 11.4. The average Bonchev–Trinajstić information content (AvgIpc) is 3.43. The Labute approximate surface area is 213 Å². The Bertz CT molecular complexity index is 1440. The van der Waals surface area contributed by atoms with E-state index < -0.39 is 23.7 Å². The molecule has 188 valence electrons. The summed E-state index contributed by atoms with van der Waals surface area (Å²) in [6, 6.07) is 17.4. The van der Waals surface area contributed by atoms with Crippen LogP contribution in [0.25, 0.3) is 5.76 Å². The van der Waals surface area contributed by atoms with Crippen LogP contribution in [0.1, 0.15) is 40.0 Å². The fraction of sp³-hybridized carbons (Fsp3) is 0.207. The third-order valence-electron chi connectivity index (χ3n) is 6.59. The van der Waals surface area contributed by atoms with E-state index in [1.54, 1.807) is 60.7 Å². The number of rotatable bonds is 5. The van der Waals surface area contributed by atoms with Crippen molar-refractivity contribution in [2.75, 3.05) is 19.1 Å². The van der Waals surface area contributed by atoms with Gasteiger partial charge < -0.3 is 19.3 Å². The standard InChI is InChI=1S/C29H25NO7/c1-16-13-20-14-18(9-12-23(20)37-16)26(31)24-25(17-7-10-22(35-2)11-8-17)30(28(33)27(24)32)21-6-4-5-19(15-21)29(34)36-3/h4-12,14-16,25,31H,13H2,1-3H3/b26-24-. The van der Waals surface area contributed by atoms with Crippen LogP contribution in [0.3, 0.4) is 0 Å². The van der Waals surface area contributed by atoms with Gasteiger partial charge in [-0.25, -0.2) is 4.79 Å². The first-order valence-electron chi connectivity index (χ1n) is 11.8. The summed E-state index contributed by atoms with van der Waals surface area (Å²) in [4.78, 5) is 40.3. The Morgan fingerprint density at radius 3 is 2.46 bits per heavy atom. The Balaban J connectivity index is 1.68. The fourth-order valence-corrected chi connectivity index (χ4v) is 4.83. The van der Waals surface area contributed by atoms with Gasteiger partial charge in [-0.05, 0) is 66.6 Å². The van der Waals surface area contributed by atoms with E-state index in [9.17, 15) is 19.5 Å². The molecule has 2 atom stereocenters. The summed E-state index contributed by atoms with van der Waals surface area (Å²) in [6.07, 6.45) is 0.687. The Morgan fingerprint density at radius 2 is 1.76 bits per heavy atom. The van der Waals surface area contributed by atoms with Gasteiger partial charge in [0.05, 0.1) is 31.4 Å². The largest absolute Gasteiger partial charge is 0.507 e. The molecule has 1 amide bonds. The van der Waals surface area contributed by atoms with E-state index in [1.165, 1.54) is 25.2 Å². The average molecular weight is 500 g/mol. The number of carbonyl (C=O) groups is 3. The predicted molar refractivity (Wildman–Crippen MR) is 136 cm³/mol. The monoisotopic (exact) mass is 499 g/mol. The molecule has 37 heavy (non-hydrogen) atoms. The molecule has 3 aromatic rings. The first-order chi connectivity index (χ1) is 17.8. The smallest absolute Gasteiger partial charge is 0.337 e. The molecule has 2 unspecified atom stereocenters. The predicted octanol–water partition coefficient (Wildman–Crippen LogP) is 4.43. The van der Waals surface area contributed by atoms with Crippen LogP contribution in [0.2, 0.25) is 0 Å². The van der Waals surface area contributed by atoms with Gasteiger partial charge in [-0.2, -0.15) is 0 Å². The normalized spacial score (nSPS) is 19.9. The maximum atomic E-state index is 13.4. The number of anilines is 1. The molecule has 1 fully saturated rings. The number of hydrogen-bond acceptors (Lipinski definition) is 7. The number of nitrogens with zero attached hydrogens (tertiary/aromatic N) is 1. The summed E-state index contributed by atoms with van der Waals surface area (Å²) in [5.41, 5.74) is 2.41. The van der Waals surface area contributed by atoms with Crippen molar-refractivity contribution in [3.63, 3.8) is 0 Å². The van der Waals surface area contributed by atoms with Crippen molar-refractivity contribution < 1.29 is 33.7 Å². The van der Waals surface area contributed by atoms with Crippen molar-refractivity contribution in [1.82, 2.24) is 0 Å². The molecular weight excluding hydrogens is 474 g/mol. The fourth-order valence-electron chi connectivity index (χ4n) is 4.83. The second-order valence-corrected chi connectivity index (χ2v) is 8.94. The zero-order valence-electron chi connectivity index (χ0n) is 20.6. The minimum Gasteiger partial charge on any atom is -0.507 e. The number of benzene rings is 3. The molecule has 2 aliphatic rings. The van der Waals surface area contributed by atoms with E-state index in [0.717, 1.165) is 11.3 Å². The topological polar surface area (TPSA) is 102 Å². The van der Waals surface area contributed by atoms with Gasteiger partial charge in [-0.15, -0.1) is 0 Å². The van der Waals surface area contributed by atoms with E-state index in [-0.39, 0.29) is 23.0 Å². The molecule has 5 rings (SSSR count). The van der Waals surface area contributed by atoms with Crippen LogP contribution in [0.4, 0.5) is 5.69 Å². The van der Waals surface area contributed by atoms with Crippen molar-refractivity contribution in [2.45, 2.75) is 25.5 Å². The number of hydrogen-bond donors (Lipinski definition) is 1. The van der Waals surface area contributed by atoms with Crippen LogP contribution in [-0.4, -0.2) is 43.1 Å². The minimum atomic E-state index is -0.942. The van der Waals surface area contributed by atoms with Gasteiger partial charge in [0.25, 0.3) is 11.7 Å². The highest BCUT2D eigenvalue weighted by atomic mass is 16.5. The second kappa shape index (κ2) is 9.46. The van der Waals surface area contributed by atoms with Gasteiger partial charge in [0.1, 0.15) is 23.4 Å². The van der Waals surface area contributed by atoms with Crippen LogP contribution in [-0.2, 0) is 20.7 Å². The Hall–Kier alpha value is -4.59. The maximum absolute atomic E-state index is 13.4. The third kappa shape index (κ3) is 4.20. The van der Waals surface area contributed by atoms with Crippen molar-refractivity contribution >= 4 is 29.1 Å². The lowest BCUT2D eigenvalue weighted by Gasteiger charge is -2.26. The number of esters is 1. The first kappa shape index (κ1) is 24.1. The molecular formula is C29H25NO7. The molecule has 2 heterocycles. The zero-order chi connectivity index (χ0) is 26.3. The highest BCUT2D eigenvalue weighted by molar-refractivity contribution is 6.51. The number of ketones is 1. The summed E-state index contributed by atoms with van der Waals surface area (Å²) >= 11 is 0. The highest BCUT2D eigenvalue weighted by Gasteiger charge is 2.47. The molecule has 2 aliphatic heterocycles. The Kier molecular flexibility index (Phi) is 6.17. The number of aliphatic hydroxyl groups is 1. The van der Waals surface area contributed by atoms with Gasteiger partial charge in [0.15, 0.2) is 0 Å². The molecule has 0 spiro atoms. The third-order valence-corrected chi connectivity index (χ3v) is 6.59. The van der Waals surface area contributed by atoms with Crippen molar-refractivity contribution in [2.24, 2.45) is 0 Å². The maximum Gasteiger partial charge on any atom is 0.337 e. The van der Waals surface area contributed by atoms with Gasteiger partial charge in [0, 0.05) is 17.7 Å². The molecule has 8 heteroatoms. The SMILES string of the molecule is COC(=O)c1cccc(N2C(=O)C(=O)/C(=C(\O)c3ccc4c(c3)CC(C)O4)C2c2ccc(OC)cc2)c1. The van der Waals surface area contributed by atoms with Crippen LogP contribution >= 0.6 is 0 Å². The van der Waals surface area contributed by atoms with Crippen molar-refractivity contribution in [3.8, 4) is 11.5 Å². The lowest BCUT2D eigenvalue weighted by molar-refractivity contribution is -0.132. The summed E-state index contributed by atoms with van der Waals surface area (Å²) < 4.78 is 15.8. The number of aliphatic hydroxyl groups excluding tert-OH is 1. The highest BCUT2D eigenvalue weighted by Crippen LogP contribution is 2.43. The lowest BCUT2D eigenvalue weighted by Crippen LogP contribution is -2.29. The van der Waals surface area contributed by atoms with Crippen molar-refractivity contribution in [3.05, 3.63) is 94.6 Å². The molecule has 0 aliphatic carbocycles. The number of amides is 1. The summed E-state index contributed by atoms with van der Waals surface area (Å²) in [6.45, 7) is 1.96. The molecule has 1 saturated heterocycles. The molecule has 0 radical (unpaired) electrons. The molecule has 8 nitrogen and oxygen atoms in total. The van der Waals surface area contributed by atoms with E-state index >= 15 is 0 Å². The summed E-state index contributed by atoms with van der Waals surface area (Å²) in [7, 11) is 2.80. The van der Waals surface area contributed by atoms with Gasteiger partial charge in [-0.1, -0.05) is 18.2 Å². The molecule has 3 aromatic carbocycles. The van der Waals surface area contributed by atoms with Crippen LogP contribution < -0.4 is 14.4 Å². The van der Waals surface area contributed by atoms with Gasteiger partial charge >= 0.3 is 5.97 Å². The number of methoxy groups -OCH3 is 2. The molecule has 0 bridgehead atoms. The zero-order valence-corrected chi connectivity index (χ0v) is 20.6. The van der Waals surface area contributed by atoms with Crippen molar-refractivity contribution in [1.29, 1.82) is 0 Å². The number of carbonyl (C=O) groups excluding carboxylic acids is 3. The quantitative estimate of drug-likeness (QED) is 0.240. The molecule has 1 N–H and O–H groups in total. The van der Waals surface area contributed by atoms with E-state index in [4.69, 9.17) is 14.2 Å². The van der Waals surface area contributed by atoms with Crippen LogP contribution in [0.15, 0.2) is 72.3 Å². The van der Waals surface area contributed by atoms with E-state index in [2.05, 4.69) is 0 Å². The number of Topliss-reactive ketones (excluding diaryl/α,β-unsaturated/α-hetero) is 1. The number of ether oxygens (including phenoxy) is 3. The Morgan fingerprint density at radius 1 is 1.00 bits per heavy atom. The number of fused-ring (bicyclic) bond motifs is 1. The lowest BCUT2D eigenvalue weighted by atomic mass is 9.94. The first-order valence-corrected chi connectivity index (χ1v) is 11.8. The van der Waals surface area contributed by atoms with Crippen LogP contribution in [0.5, 0.6) is 11.5 Å². The second-order valence-electron chi connectivity index (χ2n) is 8.94. The van der Waals surface area contributed by atoms with Gasteiger partial charge in [-0.3, -0.25) is 14.5 Å². The molecule has 0 saturated carbocycles.